The van der Waals surface area contributed by atoms with Crippen LogP contribution >= 0.6 is 0 Å². The van der Waals surface area contributed by atoms with Crippen molar-refractivity contribution in [2.45, 2.75) is 13.3 Å². The topological polar surface area (TPSA) is 71.8 Å². The SMILES string of the molecule is [2H]c1ccc(CC([2H])NC(=N)NC(C)=N)c([2H])c1[2H]. The van der Waals surface area contributed by atoms with E-state index in [1.54, 1.807) is 6.07 Å². The highest BCUT2D eigenvalue weighted by Gasteiger charge is 1.95. The second-order valence-electron chi connectivity index (χ2n) is 2.93. The zero-order valence-corrected chi connectivity index (χ0v) is 8.44. The van der Waals surface area contributed by atoms with E-state index in [9.17, 15) is 0 Å². The molecular formula is C11H16N4. The number of nitrogens with one attached hydrogen (secondary N) is 4. The summed E-state index contributed by atoms with van der Waals surface area (Å²) in [4.78, 5) is 0. The predicted octanol–water partition coefficient (Wildman–Crippen LogP) is 1.34. The molecule has 0 saturated heterocycles. The molecule has 0 aromatic heterocycles. The number of amidine groups is 1. The van der Waals surface area contributed by atoms with Crippen molar-refractivity contribution in [2.75, 3.05) is 6.52 Å². The van der Waals surface area contributed by atoms with Crippen molar-refractivity contribution >= 4 is 11.8 Å². The molecule has 0 aliphatic carbocycles. The summed E-state index contributed by atoms with van der Waals surface area (Å²) in [5, 5.41) is 19.5. The third-order valence-corrected chi connectivity index (χ3v) is 1.54. The monoisotopic (exact) mass is 208 g/mol. The van der Waals surface area contributed by atoms with Crippen molar-refractivity contribution in [2.24, 2.45) is 0 Å². The van der Waals surface area contributed by atoms with Crippen LogP contribution < -0.4 is 10.6 Å². The van der Waals surface area contributed by atoms with Crippen molar-refractivity contribution in [1.82, 2.24) is 10.6 Å². The van der Waals surface area contributed by atoms with Gasteiger partial charge in [-0.1, -0.05) is 30.3 Å². The van der Waals surface area contributed by atoms with E-state index in [0.29, 0.717) is 5.56 Å². The van der Waals surface area contributed by atoms with Gasteiger partial charge in [-0.15, -0.1) is 0 Å². The lowest BCUT2D eigenvalue weighted by molar-refractivity contribution is 0.842. The van der Waals surface area contributed by atoms with Gasteiger partial charge < -0.3 is 10.6 Å². The fourth-order valence-corrected chi connectivity index (χ4v) is 0.948. The summed E-state index contributed by atoms with van der Waals surface area (Å²) in [6.07, 6.45) is 0.145. The number of aryl methyl sites for hydroxylation is 1. The van der Waals surface area contributed by atoms with Gasteiger partial charge in [-0.3, -0.25) is 10.8 Å². The van der Waals surface area contributed by atoms with Crippen LogP contribution in [0.2, 0.25) is 0 Å². The van der Waals surface area contributed by atoms with Gasteiger partial charge in [0.2, 0.25) is 0 Å². The van der Waals surface area contributed by atoms with Crippen LogP contribution in [-0.2, 0) is 6.42 Å². The fourth-order valence-electron chi connectivity index (χ4n) is 0.948. The summed E-state index contributed by atoms with van der Waals surface area (Å²) >= 11 is 0. The number of guanidine groups is 1. The van der Waals surface area contributed by atoms with Crippen LogP contribution in [0.3, 0.4) is 0 Å². The maximum Gasteiger partial charge on any atom is 0.193 e. The zero-order chi connectivity index (χ0) is 14.6. The number of benzene rings is 1. The minimum Gasteiger partial charge on any atom is -0.356 e. The van der Waals surface area contributed by atoms with Gasteiger partial charge in [-0.25, -0.2) is 0 Å². The Morgan fingerprint density at radius 2 is 2.33 bits per heavy atom. The number of hydrogen-bond acceptors (Lipinski definition) is 2. The summed E-state index contributed by atoms with van der Waals surface area (Å²) < 4.78 is 30.4. The highest BCUT2D eigenvalue weighted by Crippen LogP contribution is 1.97. The smallest absolute Gasteiger partial charge is 0.193 e. The van der Waals surface area contributed by atoms with Gasteiger partial charge in [0.05, 0.1) is 9.95 Å². The molecule has 0 amide bonds. The van der Waals surface area contributed by atoms with Crippen molar-refractivity contribution in [3.05, 3.63) is 35.8 Å². The van der Waals surface area contributed by atoms with Crippen LogP contribution in [0.25, 0.3) is 0 Å². The van der Waals surface area contributed by atoms with Gasteiger partial charge >= 0.3 is 0 Å². The van der Waals surface area contributed by atoms with Gasteiger partial charge in [-0.2, -0.15) is 0 Å². The summed E-state index contributed by atoms with van der Waals surface area (Å²) in [5.74, 6) is -0.0554. The first-order valence-corrected chi connectivity index (χ1v) is 4.46. The Morgan fingerprint density at radius 3 is 3.07 bits per heavy atom. The Bertz CT molecular complexity index is 504. The Morgan fingerprint density at radius 1 is 1.53 bits per heavy atom. The molecule has 0 fully saturated rings. The van der Waals surface area contributed by atoms with E-state index in [4.69, 9.17) is 16.3 Å². The first-order chi connectivity index (χ1) is 8.81. The maximum absolute atomic E-state index is 7.75. The van der Waals surface area contributed by atoms with Gasteiger partial charge in [0, 0.05) is 7.89 Å². The normalized spacial score (nSPS) is 15.3. The van der Waals surface area contributed by atoms with E-state index in [0.717, 1.165) is 0 Å². The van der Waals surface area contributed by atoms with Crippen LogP contribution in [0, 0.1) is 10.8 Å². The maximum atomic E-state index is 7.75. The fraction of sp³-hybridized carbons (Fsp3) is 0.273. The van der Waals surface area contributed by atoms with Crippen molar-refractivity contribution in [3.63, 3.8) is 0 Å². The average molecular weight is 208 g/mol. The highest BCUT2D eigenvalue weighted by molar-refractivity contribution is 5.95. The lowest BCUT2D eigenvalue weighted by Crippen LogP contribution is -2.39. The van der Waals surface area contributed by atoms with Crippen molar-refractivity contribution in [1.29, 1.82) is 10.8 Å². The predicted molar refractivity (Wildman–Crippen MR) is 62.4 cm³/mol. The molecule has 0 spiro atoms. The van der Waals surface area contributed by atoms with Gasteiger partial charge in [0.15, 0.2) is 5.96 Å². The first kappa shape index (κ1) is 6.61. The minimum absolute atomic E-state index is 0.0166. The molecule has 0 radical (unpaired) electrons. The molecule has 0 heterocycles. The lowest BCUT2D eigenvalue weighted by atomic mass is 10.1. The molecule has 4 heteroatoms. The van der Waals surface area contributed by atoms with Crippen LogP contribution in [-0.4, -0.2) is 18.3 Å². The summed E-state index contributed by atoms with van der Waals surface area (Å²) in [6.45, 7) is 0.621. The van der Waals surface area contributed by atoms with Crippen molar-refractivity contribution in [3.8, 4) is 0 Å². The molecule has 1 atom stereocenters. The molecule has 1 aromatic carbocycles. The van der Waals surface area contributed by atoms with E-state index in [1.807, 2.05) is 0 Å². The van der Waals surface area contributed by atoms with Crippen LogP contribution in [0.4, 0.5) is 0 Å². The average Bonchev–Trinajstić information content (AvgIpc) is 2.28. The molecule has 0 saturated carbocycles. The highest BCUT2D eigenvalue weighted by atomic mass is 15.1. The van der Waals surface area contributed by atoms with Gasteiger partial charge in [0.1, 0.15) is 0 Å². The second kappa shape index (κ2) is 5.80. The Kier molecular flexibility index (Phi) is 2.55. The summed E-state index contributed by atoms with van der Waals surface area (Å²) in [6, 6.07) is 2.73. The summed E-state index contributed by atoms with van der Waals surface area (Å²) in [5.41, 5.74) is 0.480. The van der Waals surface area contributed by atoms with E-state index >= 15 is 0 Å². The van der Waals surface area contributed by atoms with E-state index in [1.165, 1.54) is 13.0 Å². The molecule has 1 aromatic rings. The van der Waals surface area contributed by atoms with Crippen molar-refractivity contribution < 1.29 is 5.48 Å². The van der Waals surface area contributed by atoms with Crippen LogP contribution in [0.5, 0.6) is 0 Å². The Hall–Kier alpha value is -1.84. The van der Waals surface area contributed by atoms with Crippen LogP contribution in [0.1, 0.15) is 18.0 Å². The van der Waals surface area contributed by atoms with E-state index in [-0.39, 0.29) is 36.3 Å². The quantitative estimate of drug-likeness (QED) is 0.447. The Balaban J connectivity index is 2.67. The summed E-state index contributed by atoms with van der Waals surface area (Å²) in [7, 11) is 0. The van der Waals surface area contributed by atoms with Gasteiger partial charge in [0.25, 0.3) is 0 Å². The van der Waals surface area contributed by atoms with Crippen LogP contribution in [0.15, 0.2) is 30.3 Å². The van der Waals surface area contributed by atoms with E-state index < -0.39 is 6.52 Å². The van der Waals surface area contributed by atoms with Gasteiger partial charge in [-0.05, 0) is 18.9 Å². The third kappa shape index (κ3) is 4.81. The number of hydrogen-bond donors (Lipinski definition) is 4. The molecule has 1 rings (SSSR count). The van der Waals surface area contributed by atoms with E-state index in [2.05, 4.69) is 10.6 Å². The molecular weight excluding hydrogens is 188 g/mol. The molecule has 15 heavy (non-hydrogen) atoms. The molecule has 80 valence electrons. The zero-order valence-electron chi connectivity index (χ0n) is 12.4. The standard InChI is InChI=1S/C11H16N4/c1-9(12)15-11(13)14-8-7-10-5-3-2-4-6-10/h2-6H,7-8H2,1H3,(H4,12,13,14,15)/i2D,3D,5D,8D. The first-order valence-electron chi connectivity index (χ1n) is 6.54. The molecule has 1 unspecified atom stereocenters. The molecule has 0 aliphatic heterocycles. The Labute approximate surface area is 95.3 Å². The molecule has 0 bridgehead atoms. The second-order valence-corrected chi connectivity index (χ2v) is 2.93. The molecule has 4 nitrogen and oxygen atoms in total. The third-order valence-electron chi connectivity index (χ3n) is 1.54. The molecule has 0 aliphatic rings. The number of rotatable bonds is 3. The largest absolute Gasteiger partial charge is 0.356 e. The minimum atomic E-state index is -0.862. The lowest BCUT2D eigenvalue weighted by Gasteiger charge is -2.08. The molecule has 4 N–H and O–H groups in total.